The lowest BCUT2D eigenvalue weighted by Gasteiger charge is -2.10. The monoisotopic (exact) mass is 336 g/mol. The van der Waals surface area contributed by atoms with E-state index in [2.05, 4.69) is 10.6 Å². The zero-order valence-electron chi connectivity index (χ0n) is 12.8. The molecule has 4 nitrogen and oxygen atoms in total. The number of anilines is 2. The Hall–Kier alpha value is -2.83. The van der Waals surface area contributed by atoms with E-state index in [1.54, 1.807) is 18.2 Å². The number of amides is 2. The molecule has 7 heteroatoms. The van der Waals surface area contributed by atoms with Crippen molar-refractivity contribution in [2.45, 2.75) is 19.5 Å². The molecule has 2 rings (SSSR count). The number of aryl methyl sites for hydroxylation is 1. The van der Waals surface area contributed by atoms with Gasteiger partial charge in [-0.05, 0) is 42.8 Å². The molecular weight excluding hydrogens is 321 g/mol. The highest BCUT2D eigenvalue weighted by Gasteiger charge is 2.30. The maximum Gasteiger partial charge on any atom is 0.416 e. The third kappa shape index (κ3) is 5.12. The molecule has 0 aliphatic carbocycles. The third-order valence-corrected chi connectivity index (χ3v) is 3.10. The summed E-state index contributed by atoms with van der Waals surface area (Å²) in [6, 6.07) is 11.3. The molecular formula is C17H15F3N2O2. The van der Waals surface area contributed by atoms with Crippen molar-refractivity contribution >= 4 is 23.2 Å². The van der Waals surface area contributed by atoms with Crippen LogP contribution in [0.1, 0.15) is 17.5 Å². The van der Waals surface area contributed by atoms with Crippen LogP contribution in [0.4, 0.5) is 24.5 Å². The predicted octanol–water partition coefficient (Wildman–Crippen LogP) is 3.98. The second-order valence-corrected chi connectivity index (χ2v) is 5.22. The fourth-order valence-electron chi connectivity index (χ4n) is 2.05. The van der Waals surface area contributed by atoms with Gasteiger partial charge in [0.2, 0.25) is 11.8 Å². The Morgan fingerprint density at radius 3 is 2.00 bits per heavy atom. The van der Waals surface area contributed by atoms with Gasteiger partial charge in [-0.2, -0.15) is 13.2 Å². The van der Waals surface area contributed by atoms with Gasteiger partial charge in [0, 0.05) is 11.4 Å². The Labute approximate surface area is 136 Å². The molecule has 2 aromatic rings. The van der Waals surface area contributed by atoms with Crippen LogP contribution >= 0.6 is 0 Å². The van der Waals surface area contributed by atoms with Crippen molar-refractivity contribution in [3.8, 4) is 0 Å². The largest absolute Gasteiger partial charge is 0.416 e. The lowest BCUT2D eigenvalue weighted by atomic mass is 10.2. The number of carbonyl (C=O) groups excluding carboxylic acids is 2. The van der Waals surface area contributed by atoms with Gasteiger partial charge in [-0.3, -0.25) is 9.59 Å². The molecule has 2 N–H and O–H groups in total. The average Bonchev–Trinajstić information content (AvgIpc) is 2.46. The standard InChI is InChI=1S/C17H15F3N2O2/c1-11-4-2-6-13(8-11)21-15(23)10-16(24)22-14-7-3-5-12(9-14)17(18,19)20/h2-9H,10H2,1H3,(H,21,23)(H,22,24). The van der Waals surface area contributed by atoms with Gasteiger partial charge in [-0.25, -0.2) is 0 Å². The molecule has 24 heavy (non-hydrogen) atoms. The maximum atomic E-state index is 12.6. The van der Waals surface area contributed by atoms with Gasteiger partial charge in [-0.1, -0.05) is 18.2 Å². The van der Waals surface area contributed by atoms with Gasteiger partial charge >= 0.3 is 6.18 Å². The van der Waals surface area contributed by atoms with Crippen molar-refractivity contribution in [1.29, 1.82) is 0 Å². The van der Waals surface area contributed by atoms with Gasteiger partial charge in [-0.15, -0.1) is 0 Å². The number of alkyl halides is 3. The molecule has 0 heterocycles. The van der Waals surface area contributed by atoms with Crippen LogP contribution < -0.4 is 10.6 Å². The molecule has 0 atom stereocenters. The first-order valence-electron chi connectivity index (χ1n) is 7.08. The van der Waals surface area contributed by atoms with Crippen LogP contribution in [0.5, 0.6) is 0 Å². The number of benzene rings is 2. The number of carbonyl (C=O) groups is 2. The average molecular weight is 336 g/mol. The van der Waals surface area contributed by atoms with Gasteiger partial charge in [0.15, 0.2) is 0 Å². The van der Waals surface area contributed by atoms with E-state index in [1.165, 1.54) is 12.1 Å². The highest BCUT2D eigenvalue weighted by atomic mass is 19.4. The summed E-state index contributed by atoms with van der Waals surface area (Å²) in [6.45, 7) is 1.86. The lowest BCUT2D eigenvalue weighted by molar-refractivity contribution is -0.137. The molecule has 0 saturated heterocycles. The minimum absolute atomic E-state index is 0.0156. The van der Waals surface area contributed by atoms with E-state index in [0.29, 0.717) is 5.69 Å². The third-order valence-electron chi connectivity index (χ3n) is 3.10. The second kappa shape index (κ2) is 7.16. The minimum atomic E-state index is -4.50. The van der Waals surface area contributed by atoms with Crippen molar-refractivity contribution < 1.29 is 22.8 Å². The summed E-state index contributed by atoms with van der Waals surface area (Å²) in [5.41, 5.74) is 0.607. The van der Waals surface area contributed by atoms with Crippen molar-refractivity contribution in [3.63, 3.8) is 0 Å². The molecule has 126 valence electrons. The SMILES string of the molecule is Cc1cccc(NC(=O)CC(=O)Nc2cccc(C(F)(F)F)c2)c1. The molecule has 0 aromatic heterocycles. The normalized spacial score (nSPS) is 11.0. The van der Waals surface area contributed by atoms with Crippen LogP contribution in [0.15, 0.2) is 48.5 Å². The number of rotatable bonds is 4. The number of nitrogens with one attached hydrogen (secondary N) is 2. The summed E-state index contributed by atoms with van der Waals surface area (Å²) in [7, 11) is 0. The lowest BCUT2D eigenvalue weighted by Crippen LogP contribution is -2.21. The fourth-order valence-corrected chi connectivity index (χ4v) is 2.05. The van der Waals surface area contributed by atoms with Gasteiger partial charge < -0.3 is 10.6 Å². The molecule has 0 spiro atoms. The zero-order chi connectivity index (χ0) is 17.7. The molecule has 0 saturated carbocycles. The molecule has 0 radical (unpaired) electrons. The van der Waals surface area contributed by atoms with Crippen molar-refractivity contribution in [1.82, 2.24) is 0 Å². The first-order chi connectivity index (χ1) is 11.2. The fraction of sp³-hybridized carbons (Fsp3) is 0.176. The van der Waals surface area contributed by atoms with E-state index in [9.17, 15) is 22.8 Å². The maximum absolute atomic E-state index is 12.6. The van der Waals surface area contributed by atoms with Crippen LogP contribution in [-0.4, -0.2) is 11.8 Å². The summed E-state index contributed by atoms with van der Waals surface area (Å²) in [5, 5.41) is 4.84. The van der Waals surface area contributed by atoms with E-state index < -0.39 is 30.0 Å². The first-order valence-corrected chi connectivity index (χ1v) is 7.08. The van der Waals surface area contributed by atoms with Crippen LogP contribution in [0.3, 0.4) is 0 Å². The number of hydrogen-bond acceptors (Lipinski definition) is 2. The summed E-state index contributed by atoms with van der Waals surface area (Å²) in [5.74, 6) is -1.25. The van der Waals surface area contributed by atoms with Gasteiger partial charge in [0.25, 0.3) is 0 Å². The summed E-state index contributed by atoms with van der Waals surface area (Å²) >= 11 is 0. The Kier molecular flexibility index (Phi) is 5.23. The summed E-state index contributed by atoms with van der Waals surface area (Å²) in [6.07, 6.45) is -4.99. The van der Waals surface area contributed by atoms with E-state index in [0.717, 1.165) is 17.7 Å². The van der Waals surface area contributed by atoms with Crippen molar-refractivity contribution in [2.24, 2.45) is 0 Å². The van der Waals surface area contributed by atoms with E-state index in [1.807, 2.05) is 13.0 Å². The van der Waals surface area contributed by atoms with Gasteiger partial charge in [0.1, 0.15) is 6.42 Å². The van der Waals surface area contributed by atoms with E-state index in [4.69, 9.17) is 0 Å². The van der Waals surface area contributed by atoms with Crippen LogP contribution in [-0.2, 0) is 15.8 Å². The Morgan fingerprint density at radius 1 is 0.917 bits per heavy atom. The molecule has 2 aromatic carbocycles. The quantitative estimate of drug-likeness (QED) is 0.830. The second-order valence-electron chi connectivity index (χ2n) is 5.22. The van der Waals surface area contributed by atoms with Crippen LogP contribution in [0, 0.1) is 6.92 Å². The smallest absolute Gasteiger partial charge is 0.326 e. The Morgan fingerprint density at radius 2 is 1.46 bits per heavy atom. The minimum Gasteiger partial charge on any atom is -0.326 e. The molecule has 0 fully saturated rings. The van der Waals surface area contributed by atoms with Gasteiger partial charge in [0.05, 0.1) is 5.56 Å². The zero-order valence-corrected chi connectivity index (χ0v) is 12.8. The number of hydrogen-bond donors (Lipinski definition) is 2. The van der Waals surface area contributed by atoms with Crippen molar-refractivity contribution in [3.05, 3.63) is 59.7 Å². The summed E-state index contributed by atoms with van der Waals surface area (Å²) < 4.78 is 37.8. The highest BCUT2D eigenvalue weighted by Crippen LogP contribution is 2.30. The van der Waals surface area contributed by atoms with Crippen molar-refractivity contribution in [2.75, 3.05) is 10.6 Å². The Bertz CT molecular complexity index is 757. The number of halogens is 3. The molecule has 0 aliphatic heterocycles. The molecule has 0 unspecified atom stereocenters. The first kappa shape index (κ1) is 17.5. The van der Waals surface area contributed by atoms with E-state index >= 15 is 0 Å². The molecule has 0 bridgehead atoms. The van der Waals surface area contributed by atoms with Crippen LogP contribution in [0.2, 0.25) is 0 Å². The summed E-state index contributed by atoms with van der Waals surface area (Å²) in [4.78, 5) is 23.6. The topological polar surface area (TPSA) is 58.2 Å². The Balaban J connectivity index is 1.94. The van der Waals surface area contributed by atoms with E-state index in [-0.39, 0.29) is 5.69 Å². The van der Waals surface area contributed by atoms with Crippen LogP contribution in [0.25, 0.3) is 0 Å². The molecule has 2 amide bonds. The highest BCUT2D eigenvalue weighted by molar-refractivity contribution is 6.08. The predicted molar refractivity (Wildman–Crippen MR) is 84.5 cm³/mol. The molecule has 0 aliphatic rings.